The Hall–Kier alpha value is -3.11. The molecule has 0 bridgehead atoms. The summed E-state index contributed by atoms with van der Waals surface area (Å²) >= 11 is 6.19. The minimum atomic E-state index is 0.634. The molecule has 134 valence electrons. The Morgan fingerprint density at radius 2 is 1.67 bits per heavy atom. The lowest BCUT2D eigenvalue weighted by atomic mass is 10.1. The molecule has 0 radical (unpaired) electrons. The summed E-state index contributed by atoms with van der Waals surface area (Å²) in [7, 11) is 0. The number of hydrogen-bond acceptors (Lipinski definition) is 4. The molecule has 0 saturated carbocycles. The van der Waals surface area contributed by atoms with Crippen LogP contribution in [0.25, 0.3) is 0 Å². The van der Waals surface area contributed by atoms with Gasteiger partial charge in [0.15, 0.2) is 5.84 Å². The molecule has 1 aliphatic heterocycles. The number of fused-ring (bicyclic) bond motifs is 1. The smallest absolute Gasteiger partial charge is 0.162 e. The third kappa shape index (κ3) is 3.86. The van der Waals surface area contributed by atoms with Gasteiger partial charge in [-0.25, -0.2) is 9.98 Å². The maximum Gasteiger partial charge on any atom is 0.162 e. The van der Waals surface area contributed by atoms with Crippen molar-refractivity contribution in [2.24, 2.45) is 9.98 Å². The zero-order valence-corrected chi connectivity index (χ0v) is 15.6. The molecule has 0 saturated heterocycles. The quantitative estimate of drug-likeness (QED) is 0.636. The van der Waals surface area contributed by atoms with E-state index in [2.05, 4.69) is 5.32 Å². The molecule has 0 spiro atoms. The van der Waals surface area contributed by atoms with E-state index < -0.39 is 0 Å². The molecular weight excluding hydrogens is 358 g/mol. The molecule has 4 rings (SSSR count). The number of nitrogens with zero attached hydrogens (tertiary/aromatic N) is 2. The molecule has 0 aromatic heterocycles. The molecular formula is C22H18ClN3O. The van der Waals surface area contributed by atoms with Crippen molar-refractivity contribution in [2.45, 2.75) is 6.92 Å². The first-order valence-electron chi connectivity index (χ1n) is 8.75. The number of halogens is 1. The number of amidine groups is 2. The average Bonchev–Trinajstić information content (AvgIpc) is 2.89. The fourth-order valence-corrected chi connectivity index (χ4v) is 3.01. The van der Waals surface area contributed by atoms with Crippen molar-refractivity contribution >= 4 is 34.6 Å². The first kappa shape index (κ1) is 17.3. The van der Waals surface area contributed by atoms with E-state index in [1.165, 1.54) is 0 Å². The van der Waals surface area contributed by atoms with Crippen molar-refractivity contribution in [2.75, 3.05) is 11.9 Å². The lowest BCUT2D eigenvalue weighted by molar-refractivity contribution is 0.340. The van der Waals surface area contributed by atoms with E-state index in [1.54, 1.807) is 0 Å². The molecule has 0 fully saturated rings. The van der Waals surface area contributed by atoms with Crippen molar-refractivity contribution in [3.05, 3.63) is 88.9 Å². The highest BCUT2D eigenvalue weighted by Gasteiger charge is 2.15. The van der Waals surface area contributed by atoms with Crippen LogP contribution in [0.5, 0.6) is 5.75 Å². The van der Waals surface area contributed by atoms with E-state index in [0.717, 1.165) is 28.3 Å². The molecule has 3 aromatic carbocycles. The van der Waals surface area contributed by atoms with E-state index in [1.807, 2.05) is 79.7 Å². The second-order valence-electron chi connectivity index (χ2n) is 6.01. The maximum atomic E-state index is 6.19. The van der Waals surface area contributed by atoms with Crippen LogP contribution in [0.4, 0.5) is 11.4 Å². The number of hydrogen-bond donors (Lipinski definition) is 1. The van der Waals surface area contributed by atoms with Crippen molar-refractivity contribution in [3.63, 3.8) is 0 Å². The topological polar surface area (TPSA) is 46.0 Å². The first-order valence-corrected chi connectivity index (χ1v) is 9.13. The van der Waals surface area contributed by atoms with Gasteiger partial charge >= 0.3 is 0 Å². The Bertz CT molecular complexity index is 1010. The maximum absolute atomic E-state index is 6.19. The lowest BCUT2D eigenvalue weighted by Crippen LogP contribution is -2.15. The number of rotatable bonds is 4. The van der Waals surface area contributed by atoms with E-state index in [9.17, 15) is 0 Å². The Labute approximate surface area is 163 Å². The molecule has 27 heavy (non-hydrogen) atoms. The summed E-state index contributed by atoms with van der Waals surface area (Å²) in [5, 5.41) is 4.02. The Kier molecular flexibility index (Phi) is 4.90. The molecule has 5 heteroatoms. The van der Waals surface area contributed by atoms with Gasteiger partial charge in [-0.15, -0.1) is 0 Å². The summed E-state index contributed by atoms with van der Waals surface area (Å²) in [6, 6.07) is 23.3. The molecule has 1 N–H and O–H groups in total. The Balaban J connectivity index is 1.81. The average molecular weight is 376 g/mol. The Morgan fingerprint density at radius 3 is 2.41 bits per heavy atom. The fraction of sp³-hybridized carbons (Fsp3) is 0.0909. The normalized spacial score (nSPS) is 13.0. The van der Waals surface area contributed by atoms with Gasteiger partial charge in [-0.1, -0.05) is 41.9 Å². The van der Waals surface area contributed by atoms with Crippen LogP contribution in [0.1, 0.15) is 18.1 Å². The fourth-order valence-electron chi connectivity index (χ4n) is 2.84. The SMILES string of the molecule is CCOc1ccc(C2=NC(c3ccccc3)=Nc3ccc(Cl)cc3N2)cc1. The van der Waals surface area contributed by atoms with Crippen molar-refractivity contribution in [3.8, 4) is 5.75 Å². The van der Waals surface area contributed by atoms with Gasteiger partial charge in [0.05, 0.1) is 18.0 Å². The van der Waals surface area contributed by atoms with Gasteiger partial charge in [0, 0.05) is 16.1 Å². The summed E-state index contributed by atoms with van der Waals surface area (Å²) in [6.45, 7) is 2.60. The summed E-state index contributed by atoms with van der Waals surface area (Å²) in [6.07, 6.45) is 0. The largest absolute Gasteiger partial charge is 0.494 e. The highest BCUT2D eigenvalue weighted by Crippen LogP contribution is 2.31. The predicted octanol–water partition coefficient (Wildman–Crippen LogP) is 5.69. The summed E-state index contributed by atoms with van der Waals surface area (Å²) < 4.78 is 5.53. The van der Waals surface area contributed by atoms with Gasteiger partial charge in [0.25, 0.3) is 0 Å². The minimum absolute atomic E-state index is 0.634. The second kappa shape index (κ2) is 7.64. The van der Waals surface area contributed by atoms with E-state index in [4.69, 9.17) is 26.3 Å². The van der Waals surface area contributed by atoms with Crippen LogP contribution in [-0.4, -0.2) is 18.3 Å². The highest BCUT2D eigenvalue weighted by atomic mass is 35.5. The second-order valence-corrected chi connectivity index (χ2v) is 6.44. The molecule has 0 atom stereocenters. The minimum Gasteiger partial charge on any atom is -0.494 e. The first-order chi connectivity index (χ1) is 13.2. The summed E-state index contributed by atoms with van der Waals surface area (Å²) in [5.41, 5.74) is 3.50. The predicted molar refractivity (Wildman–Crippen MR) is 112 cm³/mol. The number of benzene rings is 3. The van der Waals surface area contributed by atoms with Crippen LogP contribution in [0.3, 0.4) is 0 Å². The highest BCUT2D eigenvalue weighted by molar-refractivity contribution is 6.31. The van der Waals surface area contributed by atoms with Crippen LogP contribution < -0.4 is 10.1 Å². The van der Waals surface area contributed by atoms with Crippen LogP contribution in [0, 0.1) is 0 Å². The zero-order chi connectivity index (χ0) is 18.6. The zero-order valence-electron chi connectivity index (χ0n) is 14.8. The molecule has 3 aromatic rings. The monoisotopic (exact) mass is 375 g/mol. The van der Waals surface area contributed by atoms with Crippen LogP contribution >= 0.6 is 11.6 Å². The molecule has 1 heterocycles. The standard InChI is InChI=1S/C22H18ClN3O/c1-2-27-18-11-8-16(9-12-18)22-25-20-14-17(23)10-13-19(20)24-21(26-22)15-6-4-3-5-7-15/h3-14H,2H2,1H3,(H,24,25,26). The van der Waals surface area contributed by atoms with Gasteiger partial charge in [-0.05, 0) is 49.4 Å². The molecule has 0 amide bonds. The number of ether oxygens (including phenoxy) is 1. The van der Waals surface area contributed by atoms with Crippen LogP contribution in [0.2, 0.25) is 5.02 Å². The molecule has 0 aliphatic carbocycles. The van der Waals surface area contributed by atoms with E-state index in [0.29, 0.717) is 23.3 Å². The molecule has 0 unspecified atom stereocenters. The van der Waals surface area contributed by atoms with Crippen LogP contribution in [0.15, 0.2) is 82.8 Å². The van der Waals surface area contributed by atoms with Gasteiger partial charge in [-0.2, -0.15) is 0 Å². The number of anilines is 1. The van der Waals surface area contributed by atoms with Gasteiger partial charge in [-0.3, -0.25) is 0 Å². The third-order valence-electron chi connectivity index (χ3n) is 4.13. The summed E-state index contributed by atoms with van der Waals surface area (Å²) in [4.78, 5) is 9.56. The lowest BCUT2D eigenvalue weighted by Gasteiger charge is -2.11. The van der Waals surface area contributed by atoms with Gasteiger partial charge in [0.2, 0.25) is 0 Å². The molecule has 1 aliphatic rings. The molecule has 4 nitrogen and oxygen atoms in total. The van der Waals surface area contributed by atoms with Crippen LogP contribution in [-0.2, 0) is 0 Å². The third-order valence-corrected chi connectivity index (χ3v) is 4.36. The van der Waals surface area contributed by atoms with Crippen molar-refractivity contribution in [1.29, 1.82) is 0 Å². The number of aliphatic imine (C=N–C) groups is 2. The van der Waals surface area contributed by atoms with Crippen molar-refractivity contribution < 1.29 is 4.74 Å². The number of nitrogens with one attached hydrogen (secondary N) is 1. The van der Waals surface area contributed by atoms with E-state index >= 15 is 0 Å². The van der Waals surface area contributed by atoms with Gasteiger partial charge in [0.1, 0.15) is 11.6 Å². The van der Waals surface area contributed by atoms with Crippen molar-refractivity contribution in [1.82, 2.24) is 0 Å². The Morgan fingerprint density at radius 1 is 0.889 bits per heavy atom. The van der Waals surface area contributed by atoms with E-state index in [-0.39, 0.29) is 0 Å². The summed E-state index contributed by atoms with van der Waals surface area (Å²) in [5.74, 6) is 2.19. The van der Waals surface area contributed by atoms with Gasteiger partial charge < -0.3 is 10.1 Å².